The van der Waals surface area contributed by atoms with Gasteiger partial charge in [0.2, 0.25) is 0 Å². The van der Waals surface area contributed by atoms with E-state index < -0.39 is 0 Å². The number of aryl methyl sites for hydroxylation is 2. The molecular formula is C14H24N2. The van der Waals surface area contributed by atoms with E-state index in [1.54, 1.807) is 0 Å². The van der Waals surface area contributed by atoms with Crippen molar-refractivity contribution in [2.45, 2.75) is 32.6 Å². The van der Waals surface area contributed by atoms with Crippen LogP contribution in [0.3, 0.4) is 0 Å². The first-order valence-corrected chi connectivity index (χ1v) is 6.36. The predicted octanol–water partition coefficient (Wildman–Crippen LogP) is 2.12. The lowest BCUT2D eigenvalue weighted by atomic mass is 9.99. The van der Waals surface area contributed by atoms with Gasteiger partial charge in [-0.15, -0.1) is 0 Å². The van der Waals surface area contributed by atoms with Crippen molar-refractivity contribution in [3.63, 3.8) is 0 Å². The van der Waals surface area contributed by atoms with E-state index in [9.17, 15) is 0 Å². The third kappa shape index (κ3) is 4.77. The third-order valence-electron chi connectivity index (χ3n) is 2.76. The summed E-state index contributed by atoms with van der Waals surface area (Å²) in [5.41, 5.74) is 8.45. The van der Waals surface area contributed by atoms with Gasteiger partial charge in [0.1, 0.15) is 0 Å². The minimum absolute atomic E-state index is 0.729. The number of hydrogen-bond donors (Lipinski definition) is 2. The molecule has 0 unspecified atom stereocenters. The fraction of sp³-hybridized carbons (Fsp3) is 0.571. The second-order valence-corrected chi connectivity index (χ2v) is 4.16. The summed E-state index contributed by atoms with van der Waals surface area (Å²) < 4.78 is 0. The lowest BCUT2D eigenvalue weighted by molar-refractivity contribution is 0.651. The third-order valence-corrected chi connectivity index (χ3v) is 2.76. The fourth-order valence-electron chi connectivity index (χ4n) is 1.95. The van der Waals surface area contributed by atoms with Crippen LogP contribution in [0.2, 0.25) is 0 Å². The van der Waals surface area contributed by atoms with Crippen LogP contribution in [0.4, 0.5) is 0 Å². The molecule has 2 heteroatoms. The smallest absolute Gasteiger partial charge is 0.00745 e. The van der Waals surface area contributed by atoms with Gasteiger partial charge in [0.25, 0.3) is 0 Å². The molecule has 0 saturated carbocycles. The summed E-state index contributed by atoms with van der Waals surface area (Å²) in [5, 5.41) is 3.33. The van der Waals surface area contributed by atoms with E-state index in [-0.39, 0.29) is 0 Å². The Morgan fingerprint density at radius 2 is 1.75 bits per heavy atom. The Bertz CT molecular complexity index is 284. The SMILES string of the molecule is CCCc1ccccc1CCCNCCN. The summed E-state index contributed by atoms with van der Waals surface area (Å²) >= 11 is 0. The standard InChI is InChI=1S/C14H24N2/c1-2-6-13-7-3-4-8-14(13)9-5-11-16-12-10-15/h3-4,7-8,16H,2,5-6,9-12,15H2,1H3. The number of rotatable bonds is 8. The molecule has 0 aliphatic rings. The van der Waals surface area contributed by atoms with E-state index in [1.807, 2.05) is 0 Å². The normalized spacial score (nSPS) is 10.6. The Balaban J connectivity index is 2.34. The van der Waals surface area contributed by atoms with E-state index in [2.05, 4.69) is 36.5 Å². The first kappa shape index (κ1) is 13.2. The van der Waals surface area contributed by atoms with E-state index in [1.165, 1.54) is 36.8 Å². The van der Waals surface area contributed by atoms with Gasteiger partial charge in [-0.2, -0.15) is 0 Å². The Morgan fingerprint density at radius 3 is 2.38 bits per heavy atom. The molecule has 0 heterocycles. The van der Waals surface area contributed by atoms with Crippen molar-refractivity contribution in [3.8, 4) is 0 Å². The van der Waals surface area contributed by atoms with Crippen LogP contribution in [0.1, 0.15) is 30.9 Å². The van der Waals surface area contributed by atoms with Crippen LogP contribution in [-0.4, -0.2) is 19.6 Å². The zero-order chi connectivity index (χ0) is 11.6. The molecular weight excluding hydrogens is 196 g/mol. The molecule has 0 bridgehead atoms. The van der Waals surface area contributed by atoms with Gasteiger partial charge >= 0.3 is 0 Å². The molecule has 3 N–H and O–H groups in total. The Kier molecular flexibility index (Phi) is 6.86. The number of hydrogen-bond acceptors (Lipinski definition) is 2. The maximum absolute atomic E-state index is 5.42. The van der Waals surface area contributed by atoms with Gasteiger partial charge in [0.05, 0.1) is 0 Å². The number of nitrogens with one attached hydrogen (secondary N) is 1. The molecule has 0 atom stereocenters. The first-order valence-electron chi connectivity index (χ1n) is 6.36. The Labute approximate surface area is 99.2 Å². The average molecular weight is 220 g/mol. The highest BCUT2D eigenvalue weighted by atomic mass is 14.9. The maximum atomic E-state index is 5.42. The average Bonchev–Trinajstić information content (AvgIpc) is 2.31. The molecule has 0 radical (unpaired) electrons. The van der Waals surface area contributed by atoms with Crippen LogP contribution in [0, 0.1) is 0 Å². The lowest BCUT2D eigenvalue weighted by Crippen LogP contribution is -2.23. The van der Waals surface area contributed by atoms with Crippen molar-refractivity contribution in [2.24, 2.45) is 5.73 Å². The van der Waals surface area contributed by atoms with E-state index in [0.717, 1.165) is 19.6 Å². The van der Waals surface area contributed by atoms with Gasteiger partial charge in [0.15, 0.2) is 0 Å². The van der Waals surface area contributed by atoms with Gasteiger partial charge in [-0.3, -0.25) is 0 Å². The summed E-state index contributed by atoms with van der Waals surface area (Å²) in [7, 11) is 0. The molecule has 2 nitrogen and oxygen atoms in total. The number of nitrogens with two attached hydrogens (primary N) is 1. The summed E-state index contributed by atoms with van der Waals surface area (Å²) in [4.78, 5) is 0. The molecule has 0 aliphatic carbocycles. The van der Waals surface area contributed by atoms with Crippen LogP contribution in [0.25, 0.3) is 0 Å². The highest BCUT2D eigenvalue weighted by molar-refractivity contribution is 5.27. The lowest BCUT2D eigenvalue weighted by Gasteiger charge is -2.08. The Morgan fingerprint density at radius 1 is 1.06 bits per heavy atom. The van der Waals surface area contributed by atoms with Gasteiger partial charge in [-0.25, -0.2) is 0 Å². The van der Waals surface area contributed by atoms with Gasteiger partial charge < -0.3 is 11.1 Å². The molecule has 16 heavy (non-hydrogen) atoms. The zero-order valence-electron chi connectivity index (χ0n) is 10.3. The minimum atomic E-state index is 0.729. The van der Waals surface area contributed by atoms with Crippen LogP contribution >= 0.6 is 0 Å². The van der Waals surface area contributed by atoms with Crippen LogP contribution < -0.4 is 11.1 Å². The fourth-order valence-corrected chi connectivity index (χ4v) is 1.95. The van der Waals surface area contributed by atoms with Crippen molar-refractivity contribution in [3.05, 3.63) is 35.4 Å². The largest absolute Gasteiger partial charge is 0.329 e. The van der Waals surface area contributed by atoms with Crippen molar-refractivity contribution >= 4 is 0 Å². The van der Waals surface area contributed by atoms with Crippen LogP contribution in [0.5, 0.6) is 0 Å². The summed E-state index contributed by atoms with van der Waals surface area (Å²) in [6.07, 6.45) is 4.79. The van der Waals surface area contributed by atoms with Crippen LogP contribution in [-0.2, 0) is 12.8 Å². The molecule has 1 aromatic carbocycles. The van der Waals surface area contributed by atoms with Gasteiger partial charge in [-0.05, 0) is 36.9 Å². The molecule has 0 spiro atoms. The second kappa shape index (κ2) is 8.31. The molecule has 0 amide bonds. The first-order chi connectivity index (χ1) is 7.88. The zero-order valence-corrected chi connectivity index (χ0v) is 10.3. The molecule has 0 aliphatic heterocycles. The van der Waals surface area contributed by atoms with E-state index in [0.29, 0.717) is 0 Å². The minimum Gasteiger partial charge on any atom is -0.329 e. The molecule has 90 valence electrons. The maximum Gasteiger partial charge on any atom is 0.00745 e. The highest BCUT2D eigenvalue weighted by Crippen LogP contribution is 2.12. The summed E-state index contributed by atoms with van der Waals surface area (Å²) in [6, 6.07) is 8.79. The van der Waals surface area contributed by atoms with Gasteiger partial charge in [-0.1, -0.05) is 37.6 Å². The van der Waals surface area contributed by atoms with E-state index in [4.69, 9.17) is 5.73 Å². The van der Waals surface area contributed by atoms with Crippen molar-refractivity contribution in [2.75, 3.05) is 19.6 Å². The van der Waals surface area contributed by atoms with Crippen molar-refractivity contribution in [1.29, 1.82) is 0 Å². The van der Waals surface area contributed by atoms with E-state index >= 15 is 0 Å². The molecule has 0 saturated heterocycles. The van der Waals surface area contributed by atoms with Crippen LogP contribution in [0.15, 0.2) is 24.3 Å². The number of benzene rings is 1. The topological polar surface area (TPSA) is 38.0 Å². The van der Waals surface area contributed by atoms with Gasteiger partial charge in [0, 0.05) is 13.1 Å². The monoisotopic (exact) mass is 220 g/mol. The molecule has 0 fully saturated rings. The predicted molar refractivity (Wildman–Crippen MR) is 70.7 cm³/mol. The molecule has 1 rings (SSSR count). The quantitative estimate of drug-likeness (QED) is 0.659. The molecule has 0 aromatic heterocycles. The highest BCUT2D eigenvalue weighted by Gasteiger charge is 2.00. The molecule has 1 aromatic rings. The van der Waals surface area contributed by atoms with Crippen molar-refractivity contribution in [1.82, 2.24) is 5.32 Å². The summed E-state index contributed by atoms with van der Waals surface area (Å²) in [5.74, 6) is 0. The second-order valence-electron chi connectivity index (χ2n) is 4.16. The van der Waals surface area contributed by atoms with Crippen molar-refractivity contribution < 1.29 is 0 Å². The Hall–Kier alpha value is -0.860. The summed E-state index contributed by atoms with van der Waals surface area (Å²) in [6.45, 7) is 4.96.